The number of carbonyl (C=O) groups is 1. The van der Waals surface area contributed by atoms with Gasteiger partial charge in [-0.15, -0.1) is 0 Å². The lowest BCUT2D eigenvalue weighted by molar-refractivity contribution is 0.0636. The molecule has 1 amide bonds. The smallest absolute Gasteiger partial charge is 0.412 e. The average Bonchev–Trinajstić information content (AvgIpc) is 2.85. The number of nitrogens with zero attached hydrogens (tertiary/aromatic N) is 1. The van der Waals surface area contributed by atoms with Gasteiger partial charge in [0.25, 0.3) is 0 Å². The number of hydrogen-bond acceptors (Lipinski definition) is 7. The van der Waals surface area contributed by atoms with Crippen LogP contribution >= 0.6 is 23.2 Å². The van der Waals surface area contributed by atoms with E-state index in [1.54, 1.807) is 57.2 Å². The highest BCUT2D eigenvalue weighted by molar-refractivity contribution is 6.69. The van der Waals surface area contributed by atoms with Crippen LogP contribution in [0, 0.1) is 5.41 Å². The summed E-state index contributed by atoms with van der Waals surface area (Å²) >= 11 is 12.0. The summed E-state index contributed by atoms with van der Waals surface area (Å²) in [5.41, 5.74) is 8.06. The van der Waals surface area contributed by atoms with Gasteiger partial charge in [-0.3, -0.25) is 15.6 Å². The summed E-state index contributed by atoms with van der Waals surface area (Å²) in [5, 5.41) is 21.6. The van der Waals surface area contributed by atoms with Crippen molar-refractivity contribution in [1.29, 1.82) is 5.41 Å². The Morgan fingerprint density at radius 3 is 2.49 bits per heavy atom. The summed E-state index contributed by atoms with van der Waals surface area (Å²) in [6, 6.07) is 19.9. The van der Waals surface area contributed by atoms with E-state index in [1.165, 1.54) is 0 Å². The molecule has 0 fully saturated rings. The number of amides is 1. The van der Waals surface area contributed by atoms with Crippen LogP contribution in [0.15, 0.2) is 66.7 Å². The molecule has 8 nitrogen and oxygen atoms in total. The van der Waals surface area contributed by atoms with Crippen molar-refractivity contribution < 1.29 is 19.4 Å². The standard InChI is InChI=1S/C29H34Cl2N4O4/c1-29(2,3)39-28(37)34-25-16-21(10-11-22(25)27(31)33)38-14-13-35(17-19-7-5-4-6-8-19)18-26(36)20-9-12-23(30)24(32)15-20/h4-12,15-16,26,33,36H,13-14,17-18,32H2,1-3H3,(H,34,37)/t26-/m0/s1. The van der Waals surface area contributed by atoms with Gasteiger partial charge in [0, 0.05) is 31.3 Å². The summed E-state index contributed by atoms with van der Waals surface area (Å²) in [4.78, 5) is 14.4. The number of anilines is 2. The fourth-order valence-electron chi connectivity index (χ4n) is 3.81. The number of hydrogen-bond donors (Lipinski definition) is 4. The molecule has 0 aliphatic rings. The van der Waals surface area contributed by atoms with Gasteiger partial charge in [0.2, 0.25) is 0 Å². The molecule has 1 atom stereocenters. The van der Waals surface area contributed by atoms with Gasteiger partial charge in [0.1, 0.15) is 23.1 Å². The molecule has 0 bridgehead atoms. The van der Waals surface area contributed by atoms with Crippen molar-refractivity contribution in [2.75, 3.05) is 30.7 Å². The highest BCUT2D eigenvalue weighted by atomic mass is 35.5. The first kappa shape index (κ1) is 30.2. The number of rotatable bonds is 11. The molecule has 3 aromatic rings. The van der Waals surface area contributed by atoms with E-state index in [1.807, 2.05) is 30.3 Å². The lowest BCUT2D eigenvalue weighted by atomic mass is 10.1. The van der Waals surface area contributed by atoms with Crippen LogP contribution in [0.2, 0.25) is 5.02 Å². The van der Waals surface area contributed by atoms with Crippen molar-refractivity contribution in [1.82, 2.24) is 4.90 Å². The number of carbonyl (C=O) groups excluding carboxylic acids is 1. The Balaban J connectivity index is 1.70. The lowest BCUT2D eigenvalue weighted by Gasteiger charge is -2.26. The Hall–Kier alpha value is -3.30. The molecule has 0 saturated heterocycles. The maximum atomic E-state index is 12.3. The predicted octanol–water partition coefficient (Wildman–Crippen LogP) is 6.45. The molecular formula is C29H34Cl2N4O4. The fraction of sp³-hybridized carbons (Fsp3) is 0.310. The molecular weight excluding hydrogens is 539 g/mol. The van der Waals surface area contributed by atoms with Crippen LogP contribution in [0.5, 0.6) is 5.75 Å². The molecule has 0 heterocycles. The largest absolute Gasteiger partial charge is 0.492 e. The van der Waals surface area contributed by atoms with Crippen molar-refractivity contribution in [3.8, 4) is 5.75 Å². The number of ether oxygens (including phenoxy) is 2. The van der Waals surface area contributed by atoms with Gasteiger partial charge < -0.3 is 20.3 Å². The maximum Gasteiger partial charge on any atom is 0.412 e. The van der Waals surface area contributed by atoms with Crippen LogP contribution in [-0.2, 0) is 11.3 Å². The molecule has 3 aromatic carbocycles. The number of benzene rings is 3. The highest BCUT2D eigenvalue weighted by Crippen LogP contribution is 2.26. The van der Waals surface area contributed by atoms with Crippen LogP contribution in [0.4, 0.5) is 16.2 Å². The van der Waals surface area contributed by atoms with E-state index in [0.29, 0.717) is 59.5 Å². The number of aliphatic hydroxyl groups is 1. The number of nitrogen functional groups attached to an aromatic ring is 1. The molecule has 0 aromatic heterocycles. The highest BCUT2D eigenvalue weighted by Gasteiger charge is 2.19. The number of nitrogens with two attached hydrogens (primary N) is 1. The third-order valence-electron chi connectivity index (χ3n) is 5.62. The second-order valence-electron chi connectivity index (χ2n) is 10.0. The third-order valence-corrected chi connectivity index (χ3v) is 6.17. The monoisotopic (exact) mass is 572 g/mol. The van der Waals surface area contributed by atoms with Crippen molar-refractivity contribution >= 4 is 45.8 Å². The molecule has 3 rings (SSSR count). The first-order valence-electron chi connectivity index (χ1n) is 12.4. The SMILES string of the molecule is CC(C)(C)OC(=O)Nc1cc(OCCN(Cc2ccccc2)C[C@H](O)c2ccc(Cl)c(N)c2)ccc1C(=N)Cl. The molecule has 5 N–H and O–H groups in total. The van der Waals surface area contributed by atoms with Gasteiger partial charge in [0.05, 0.1) is 22.5 Å². The van der Waals surface area contributed by atoms with Crippen molar-refractivity contribution in [3.05, 3.63) is 88.4 Å². The third kappa shape index (κ3) is 9.75. The van der Waals surface area contributed by atoms with Gasteiger partial charge >= 0.3 is 6.09 Å². The minimum Gasteiger partial charge on any atom is -0.492 e. The number of nitrogens with one attached hydrogen (secondary N) is 2. The first-order chi connectivity index (χ1) is 18.4. The molecule has 208 valence electrons. The van der Waals surface area contributed by atoms with Gasteiger partial charge in [-0.25, -0.2) is 4.79 Å². The Morgan fingerprint density at radius 2 is 1.85 bits per heavy atom. The topological polar surface area (TPSA) is 121 Å². The van der Waals surface area contributed by atoms with Gasteiger partial charge in [-0.1, -0.05) is 59.6 Å². The Bertz CT molecular complexity index is 1280. The van der Waals surface area contributed by atoms with Gasteiger partial charge in [-0.2, -0.15) is 0 Å². The average molecular weight is 574 g/mol. The van der Waals surface area contributed by atoms with Crippen LogP contribution in [0.3, 0.4) is 0 Å². The Morgan fingerprint density at radius 1 is 1.13 bits per heavy atom. The summed E-state index contributed by atoms with van der Waals surface area (Å²) in [6.45, 7) is 7.01. The number of aliphatic hydroxyl groups excluding tert-OH is 1. The summed E-state index contributed by atoms with van der Waals surface area (Å²) in [6.07, 6.45) is -1.45. The van der Waals surface area contributed by atoms with Crippen LogP contribution in [0.25, 0.3) is 0 Å². The van der Waals surface area contributed by atoms with Crippen molar-refractivity contribution in [3.63, 3.8) is 0 Å². The minimum absolute atomic E-state index is 0.224. The summed E-state index contributed by atoms with van der Waals surface area (Å²) in [5.74, 6) is 0.480. The van der Waals surface area contributed by atoms with E-state index < -0.39 is 17.8 Å². The second kappa shape index (κ2) is 13.7. The molecule has 0 aliphatic heterocycles. The molecule has 0 saturated carbocycles. The van der Waals surface area contributed by atoms with E-state index in [4.69, 9.17) is 43.8 Å². The molecule has 0 aliphatic carbocycles. The lowest BCUT2D eigenvalue weighted by Crippen LogP contribution is -2.32. The van der Waals surface area contributed by atoms with E-state index in [2.05, 4.69) is 10.2 Å². The van der Waals surface area contributed by atoms with E-state index in [0.717, 1.165) is 5.56 Å². The molecule has 0 unspecified atom stereocenters. The summed E-state index contributed by atoms with van der Waals surface area (Å²) in [7, 11) is 0. The van der Waals surface area contributed by atoms with Crippen LogP contribution in [0.1, 0.15) is 43.6 Å². The van der Waals surface area contributed by atoms with E-state index in [-0.39, 0.29) is 5.17 Å². The maximum absolute atomic E-state index is 12.3. The number of halogens is 2. The quantitative estimate of drug-likeness (QED) is 0.155. The van der Waals surface area contributed by atoms with Crippen molar-refractivity contribution in [2.45, 2.75) is 39.0 Å². The Kier molecular flexibility index (Phi) is 10.6. The minimum atomic E-state index is -0.785. The Labute approximate surface area is 239 Å². The van der Waals surface area contributed by atoms with E-state index in [9.17, 15) is 9.90 Å². The molecule has 0 radical (unpaired) electrons. The zero-order chi connectivity index (χ0) is 28.6. The van der Waals surface area contributed by atoms with Gasteiger partial charge in [-0.05, 0) is 56.2 Å². The van der Waals surface area contributed by atoms with Crippen LogP contribution < -0.4 is 15.8 Å². The zero-order valence-electron chi connectivity index (χ0n) is 22.2. The van der Waals surface area contributed by atoms with Gasteiger partial charge in [0.15, 0.2) is 0 Å². The second-order valence-corrected chi connectivity index (χ2v) is 10.8. The molecule has 10 heteroatoms. The predicted molar refractivity (Wildman–Crippen MR) is 157 cm³/mol. The first-order valence-corrected chi connectivity index (χ1v) is 13.2. The molecule has 39 heavy (non-hydrogen) atoms. The van der Waals surface area contributed by atoms with Crippen LogP contribution in [-0.4, -0.2) is 46.6 Å². The summed E-state index contributed by atoms with van der Waals surface area (Å²) < 4.78 is 11.3. The normalized spacial score (nSPS) is 12.2. The zero-order valence-corrected chi connectivity index (χ0v) is 23.7. The molecule has 0 spiro atoms. The van der Waals surface area contributed by atoms with Crippen molar-refractivity contribution in [2.24, 2.45) is 0 Å². The fourth-order valence-corrected chi connectivity index (χ4v) is 4.09. The van der Waals surface area contributed by atoms with E-state index >= 15 is 0 Å².